The fourth-order valence-corrected chi connectivity index (χ4v) is 0.692. The van der Waals surface area contributed by atoms with Crippen LogP contribution in [0.1, 0.15) is 19.8 Å². The molecule has 14 heavy (non-hydrogen) atoms. The third-order valence-electron chi connectivity index (χ3n) is 1.28. The van der Waals surface area contributed by atoms with Crippen molar-refractivity contribution < 1.29 is 19.5 Å². The number of carbonyl (C=O) groups is 3. The third kappa shape index (κ3) is 4.06. The highest BCUT2D eigenvalue weighted by Gasteiger charge is 2.18. The van der Waals surface area contributed by atoms with E-state index < -0.39 is 17.8 Å². The number of hydrogen-bond acceptors (Lipinski definition) is 5. The topological polar surface area (TPSA) is 111 Å². The number of carbonyl (C=O) groups excluding carboxylic acids is 2. The van der Waals surface area contributed by atoms with E-state index in [2.05, 4.69) is 0 Å². The summed E-state index contributed by atoms with van der Waals surface area (Å²) in [5.74, 6) is -2.55. The monoisotopic (exact) mass is 199 g/mol. The van der Waals surface area contributed by atoms with E-state index >= 15 is 0 Å². The number of imide groups is 1. The lowest BCUT2D eigenvalue weighted by Gasteiger charge is -2.14. The van der Waals surface area contributed by atoms with Gasteiger partial charge in [-0.3, -0.25) is 14.4 Å². The van der Waals surface area contributed by atoms with Gasteiger partial charge in [0.05, 0.1) is 6.42 Å². The number of hydrogen-bond donors (Lipinski definition) is 2. The van der Waals surface area contributed by atoms with Crippen LogP contribution in [0.4, 0.5) is 0 Å². The molecule has 0 heterocycles. The van der Waals surface area contributed by atoms with Crippen molar-refractivity contribution in [1.29, 1.82) is 5.26 Å². The number of nitriles is 1. The smallest absolute Gasteiger partial charge is 0.303 e. The maximum absolute atomic E-state index is 11.1. The molecule has 0 fully saturated rings. The minimum atomic E-state index is -1.14. The van der Waals surface area contributed by atoms with Crippen LogP contribution in [0.25, 0.3) is 0 Å². The lowest BCUT2D eigenvalue weighted by atomic mass is 10.3. The molecule has 0 saturated carbocycles. The first-order valence-corrected chi connectivity index (χ1v) is 3.69. The van der Waals surface area contributed by atoms with Gasteiger partial charge in [-0.15, -0.1) is 0 Å². The zero-order valence-corrected chi connectivity index (χ0v) is 7.48. The quantitative estimate of drug-likeness (QED) is 0.349. The van der Waals surface area contributed by atoms with Crippen LogP contribution in [-0.4, -0.2) is 27.9 Å². The summed E-state index contributed by atoms with van der Waals surface area (Å²) in [5, 5.41) is 16.9. The molecule has 0 aliphatic heterocycles. The molecule has 0 aliphatic rings. The standard InChI is InChI=1S/C7H9N3O4/c1-5(11)10(9-4-8)6(12)2-3-7(13)14/h9H,2-3H2,1H3,(H,13,14). The Morgan fingerprint density at radius 1 is 1.43 bits per heavy atom. The van der Waals surface area contributed by atoms with Crippen molar-refractivity contribution in [3.8, 4) is 6.19 Å². The minimum Gasteiger partial charge on any atom is -0.481 e. The molecule has 0 unspecified atom stereocenters. The minimum absolute atomic E-state index is 0.330. The van der Waals surface area contributed by atoms with E-state index in [1.807, 2.05) is 5.43 Å². The Balaban J connectivity index is 4.24. The summed E-state index contributed by atoms with van der Waals surface area (Å²) in [5.41, 5.74) is 1.85. The molecular weight excluding hydrogens is 190 g/mol. The number of aliphatic carboxylic acids is 1. The highest BCUT2D eigenvalue weighted by molar-refractivity contribution is 5.94. The molecule has 0 bridgehead atoms. The van der Waals surface area contributed by atoms with Crippen LogP contribution in [0.5, 0.6) is 0 Å². The molecule has 0 aromatic carbocycles. The zero-order valence-electron chi connectivity index (χ0n) is 7.48. The Hall–Kier alpha value is -2.10. The van der Waals surface area contributed by atoms with Crippen LogP contribution < -0.4 is 5.43 Å². The second kappa shape index (κ2) is 5.53. The molecule has 0 spiro atoms. The Bertz CT molecular complexity index is 294. The van der Waals surface area contributed by atoms with Crippen LogP contribution in [0.3, 0.4) is 0 Å². The highest BCUT2D eigenvalue weighted by atomic mass is 16.4. The van der Waals surface area contributed by atoms with E-state index in [4.69, 9.17) is 10.4 Å². The second-order valence-electron chi connectivity index (χ2n) is 2.37. The van der Waals surface area contributed by atoms with Crippen molar-refractivity contribution in [2.24, 2.45) is 0 Å². The van der Waals surface area contributed by atoms with Crippen molar-refractivity contribution in [3.05, 3.63) is 0 Å². The number of nitrogens with zero attached hydrogens (tertiary/aromatic N) is 2. The Morgan fingerprint density at radius 2 is 2.00 bits per heavy atom. The van der Waals surface area contributed by atoms with Gasteiger partial charge in [-0.05, 0) is 0 Å². The molecule has 76 valence electrons. The van der Waals surface area contributed by atoms with Crippen LogP contribution >= 0.6 is 0 Å². The van der Waals surface area contributed by atoms with Crippen molar-refractivity contribution in [2.75, 3.05) is 0 Å². The van der Waals surface area contributed by atoms with Crippen molar-refractivity contribution >= 4 is 17.8 Å². The Kier molecular flexibility index (Phi) is 4.70. The molecule has 0 atom stereocenters. The predicted octanol–water partition coefficient (Wildman–Crippen LogP) is -0.788. The number of hydrazine groups is 1. The molecule has 0 saturated heterocycles. The van der Waals surface area contributed by atoms with Gasteiger partial charge >= 0.3 is 5.97 Å². The summed E-state index contributed by atoms with van der Waals surface area (Å²) in [6.07, 6.45) is 0.695. The van der Waals surface area contributed by atoms with E-state index in [1.54, 1.807) is 0 Å². The van der Waals surface area contributed by atoms with Crippen LogP contribution in [0, 0.1) is 11.5 Å². The Morgan fingerprint density at radius 3 is 2.36 bits per heavy atom. The number of carboxylic acid groups (broad SMARTS) is 1. The Labute approximate surface area is 79.9 Å². The molecule has 2 N–H and O–H groups in total. The van der Waals surface area contributed by atoms with Crippen LogP contribution in [0.15, 0.2) is 0 Å². The van der Waals surface area contributed by atoms with Crippen molar-refractivity contribution in [2.45, 2.75) is 19.8 Å². The summed E-state index contributed by atoms with van der Waals surface area (Å²) in [4.78, 5) is 32.0. The lowest BCUT2D eigenvalue weighted by molar-refractivity contribution is -0.148. The molecule has 0 aromatic heterocycles. The van der Waals surface area contributed by atoms with Gasteiger partial charge in [0, 0.05) is 13.3 Å². The summed E-state index contributed by atoms with van der Waals surface area (Å²) >= 11 is 0. The molecule has 0 aliphatic carbocycles. The lowest BCUT2D eigenvalue weighted by Crippen LogP contribution is -2.43. The van der Waals surface area contributed by atoms with Gasteiger partial charge < -0.3 is 5.11 Å². The zero-order chi connectivity index (χ0) is 11.1. The van der Waals surface area contributed by atoms with Gasteiger partial charge in [-0.2, -0.15) is 10.3 Å². The van der Waals surface area contributed by atoms with E-state index in [9.17, 15) is 14.4 Å². The summed E-state index contributed by atoms with van der Waals surface area (Å²) in [6, 6.07) is 0. The summed E-state index contributed by atoms with van der Waals surface area (Å²) in [7, 11) is 0. The number of amides is 2. The largest absolute Gasteiger partial charge is 0.481 e. The summed E-state index contributed by atoms with van der Waals surface area (Å²) < 4.78 is 0. The van der Waals surface area contributed by atoms with Gasteiger partial charge in [0.1, 0.15) is 0 Å². The first-order chi connectivity index (χ1) is 6.49. The summed E-state index contributed by atoms with van der Waals surface area (Å²) in [6.45, 7) is 1.09. The fraction of sp³-hybridized carbons (Fsp3) is 0.429. The van der Waals surface area contributed by atoms with Gasteiger partial charge in [0.2, 0.25) is 11.8 Å². The van der Waals surface area contributed by atoms with Crippen LogP contribution in [0.2, 0.25) is 0 Å². The fourth-order valence-electron chi connectivity index (χ4n) is 0.692. The van der Waals surface area contributed by atoms with Gasteiger partial charge in [0.15, 0.2) is 6.19 Å². The van der Waals surface area contributed by atoms with Gasteiger partial charge in [-0.1, -0.05) is 0 Å². The third-order valence-corrected chi connectivity index (χ3v) is 1.28. The second-order valence-corrected chi connectivity index (χ2v) is 2.37. The maximum atomic E-state index is 11.1. The molecule has 7 nitrogen and oxygen atoms in total. The van der Waals surface area contributed by atoms with Gasteiger partial charge in [0.25, 0.3) is 0 Å². The highest BCUT2D eigenvalue weighted by Crippen LogP contribution is 1.95. The SMILES string of the molecule is CC(=O)N(NC#N)C(=O)CCC(=O)O. The molecule has 0 aromatic rings. The predicted molar refractivity (Wildman–Crippen MR) is 43.1 cm³/mol. The normalized spacial score (nSPS) is 8.57. The van der Waals surface area contributed by atoms with E-state index in [-0.39, 0.29) is 12.8 Å². The molecule has 7 heteroatoms. The molecular formula is C7H9N3O4. The van der Waals surface area contributed by atoms with Crippen molar-refractivity contribution in [3.63, 3.8) is 0 Å². The first-order valence-electron chi connectivity index (χ1n) is 3.69. The number of rotatable bonds is 4. The number of carboxylic acids is 1. The maximum Gasteiger partial charge on any atom is 0.303 e. The van der Waals surface area contributed by atoms with E-state index in [0.29, 0.717) is 5.01 Å². The average Bonchev–Trinajstić information content (AvgIpc) is 2.09. The molecule has 0 rings (SSSR count). The molecule has 0 radical (unpaired) electrons. The van der Waals surface area contributed by atoms with Crippen molar-refractivity contribution in [1.82, 2.24) is 10.4 Å². The molecule has 2 amide bonds. The van der Waals surface area contributed by atoms with Crippen LogP contribution in [-0.2, 0) is 14.4 Å². The van der Waals surface area contributed by atoms with E-state index in [0.717, 1.165) is 6.92 Å². The van der Waals surface area contributed by atoms with Gasteiger partial charge in [-0.25, -0.2) is 5.43 Å². The average molecular weight is 199 g/mol. The number of nitrogens with one attached hydrogen (secondary N) is 1. The first kappa shape index (κ1) is 11.9. The van der Waals surface area contributed by atoms with E-state index in [1.165, 1.54) is 6.19 Å².